The molecule has 1 saturated carbocycles. The predicted molar refractivity (Wildman–Crippen MR) is 39.8 cm³/mol. The van der Waals surface area contributed by atoms with Crippen molar-refractivity contribution in [2.24, 2.45) is 5.41 Å². The third-order valence-corrected chi connectivity index (χ3v) is 2.90. The molecule has 2 rings (SSSR count). The summed E-state index contributed by atoms with van der Waals surface area (Å²) in [5.41, 5.74) is 0.512. The minimum absolute atomic E-state index is 0.0138. The first kappa shape index (κ1) is 6.62. The molecule has 2 nitrogen and oxygen atoms in total. The molecular formula is C8H15NO. The van der Waals surface area contributed by atoms with Gasteiger partial charge in [-0.1, -0.05) is 0 Å². The molecule has 0 amide bonds. The first-order chi connectivity index (χ1) is 4.81. The Morgan fingerprint density at radius 2 is 2.20 bits per heavy atom. The van der Waals surface area contributed by atoms with Crippen molar-refractivity contribution in [3.05, 3.63) is 0 Å². The summed E-state index contributed by atoms with van der Waals surface area (Å²) < 4.78 is 0. The summed E-state index contributed by atoms with van der Waals surface area (Å²) in [5, 5.41) is 12.5. The van der Waals surface area contributed by atoms with Gasteiger partial charge in [0.1, 0.15) is 0 Å². The maximum absolute atomic E-state index is 9.14. The van der Waals surface area contributed by atoms with Crippen LogP contribution in [0.4, 0.5) is 0 Å². The van der Waals surface area contributed by atoms with Gasteiger partial charge in [-0.25, -0.2) is 0 Å². The Morgan fingerprint density at radius 3 is 2.70 bits per heavy atom. The second-order valence-electron chi connectivity index (χ2n) is 3.84. The molecule has 1 heterocycles. The van der Waals surface area contributed by atoms with Gasteiger partial charge < -0.3 is 10.4 Å². The minimum atomic E-state index is 0.0138. The molecule has 0 aromatic carbocycles. The van der Waals surface area contributed by atoms with E-state index in [4.69, 9.17) is 5.11 Å². The smallest absolute Gasteiger partial charge is 0.0551 e. The van der Waals surface area contributed by atoms with E-state index in [1.807, 2.05) is 0 Å². The summed E-state index contributed by atoms with van der Waals surface area (Å²) in [6.45, 7) is 2.32. The van der Waals surface area contributed by atoms with Crippen LogP contribution in [0.2, 0.25) is 0 Å². The molecule has 1 aliphatic carbocycles. The fourth-order valence-corrected chi connectivity index (χ4v) is 2.32. The van der Waals surface area contributed by atoms with Crippen LogP contribution in [0.25, 0.3) is 0 Å². The Morgan fingerprint density at radius 1 is 1.40 bits per heavy atom. The molecule has 2 aliphatic rings. The van der Waals surface area contributed by atoms with Gasteiger partial charge in [0.05, 0.1) is 6.10 Å². The minimum Gasteiger partial charge on any atom is -0.393 e. The standard InChI is InChI=1S/C8H15NO/c10-7-4-8(5-7)2-1-3-9-6-8/h7,9-10H,1-6H2. The SMILES string of the molecule is OC1CC2(CCCNC2)C1. The summed E-state index contributed by atoms with van der Waals surface area (Å²) in [7, 11) is 0. The normalized spacial score (nSPS) is 47.1. The molecule has 1 spiro atoms. The van der Waals surface area contributed by atoms with Crippen molar-refractivity contribution < 1.29 is 5.11 Å². The number of aliphatic hydroxyl groups excluding tert-OH is 1. The van der Waals surface area contributed by atoms with E-state index in [2.05, 4.69) is 5.32 Å². The number of nitrogens with one attached hydrogen (secondary N) is 1. The molecule has 0 radical (unpaired) electrons. The van der Waals surface area contributed by atoms with Gasteiger partial charge in [0, 0.05) is 6.54 Å². The highest BCUT2D eigenvalue weighted by Gasteiger charge is 2.43. The highest BCUT2D eigenvalue weighted by molar-refractivity contribution is 4.96. The zero-order chi connectivity index (χ0) is 7.03. The Labute approximate surface area is 61.6 Å². The van der Waals surface area contributed by atoms with Crippen LogP contribution in [0, 0.1) is 5.41 Å². The molecule has 1 saturated heterocycles. The van der Waals surface area contributed by atoms with Gasteiger partial charge in [-0.05, 0) is 37.6 Å². The van der Waals surface area contributed by atoms with Gasteiger partial charge in [-0.2, -0.15) is 0 Å². The molecule has 0 atom stereocenters. The third kappa shape index (κ3) is 0.956. The monoisotopic (exact) mass is 141 g/mol. The number of piperidine rings is 1. The number of aliphatic hydroxyl groups is 1. The van der Waals surface area contributed by atoms with Crippen LogP contribution >= 0.6 is 0 Å². The van der Waals surface area contributed by atoms with Crippen LogP contribution in [0.5, 0.6) is 0 Å². The van der Waals surface area contributed by atoms with E-state index in [1.165, 1.54) is 19.4 Å². The average Bonchev–Trinajstić information content (AvgIpc) is 1.87. The van der Waals surface area contributed by atoms with Crippen LogP contribution < -0.4 is 5.32 Å². The fourth-order valence-electron chi connectivity index (χ4n) is 2.32. The van der Waals surface area contributed by atoms with E-state index in [9.17, 15) is 0 Å². The molecule has 0 unspecified atom stereocenters. The second kappa shape index (κ2) is 2.21. The Kier molecular flexibility index (Phi) is 1.46. The molecule has 2 fully saturated rings. The number of hydrogen-bond donors (Lipinski definition) is 2. The van der Waals surface area contributed by atoms with Crippen molar-refractivity contribution in [2.75, 3.05) is 13.1 Å². The van der Waals surface area contributed by atoms with E-state index < -0.39 is 0 Å². The molecule has 0 bridgehead atoms. The van der Waals surface area contributed by atoms with Crippen molar-refractivity contribution in [2.45, 2.75) is 31.8 Å². The maximum Gasteiger partial charge on any atom is 0.0551 e. The van der Waals surface area contributed by atoms with E-state index >= 15 is 0 Å². The fraction of sp³-hybridized carbons (Fsp3) is 1.00. The van der Waals surface area contributed by atoms with E-state index in [1.54, 1.807) is 0 Å². The summed E-state index contributed by atoms with van der Waals surface area (Å²) >= 11 is 0. The largest absolute Gasteiger partial charge is 0.393 e. The van der Waals surface area contributed by atoms with Gasteiger partial charge in [-0.15, -0.1) is 0 Å². The molecule has 1 aliphatic heterocycles. The second-order valence-corrected chi connectivity index (χ2v) is 3.84. The van der Waals surface area contributed by atoms with Crippen LogP contribution in [0.3, 0.4) is 0 Å². The number of rotatable bonds is 0. The molecule has 10 heavy (non-hydrogen) atoms. The molecule has 0 aromatic rings. The Hall–Kier alpha value is -0.0800. The molecular weight excluding hydrogens is 126 g/mol. The predicted octanol–water partition coefficient (Wildman–Crippen LogP) is 0.511. The van der Waals surface area contributed by atoms with Gasteiger partial charge >= 0.3 is 0 Å². The van der Waals surface area contributed by atoms with Crippen molar-refractivity contribution in [3.63, 3.8) is 0 Å². The maximum atomic E-state index is 9.14. The van der Waals surface area contributed by atoms with E-state index in [0.717, 1.165) is 19.4 Å². The van der Waals surface area contributed by atoms with Gasteiger partial charge in [0.15, 0.2) is 0 Å². The number of hydrogen-bond acceptors (Lipinski definition) is 2. The van der Waals surface area contributed by atoms with Gasteiger partial charge in [-0.3, -0.25) is 0 Å². The lowest BCUT2D eigenvalue weighted by atomic mass is 9.63. The van der Waals surface area contributed by atoms with Gasteiger partial charge in [0.25, 0.3) is 0 Å². The van der Waals surface area contributed by atoms with Crippen LogP contribution in [-0.2, 0) is 0 Å². The zero-order valence-corrected chi connectivity index (χ0v) is 6.27. The van der Waals surface area contributed by atoms with Crippen LogP contribution in [0.1, 0.15) is 25.7 Å². The lowest BCUT2D eigenvalue weighted by Crippen LogP contribution is -2.50. The van der Waals surface area contributed by atoms with Crippen molar-refractivity contribution in [1.29, 1.82) is 0 Å². The van der Waals surface area contributed by atoms with Crippen LogP contribution in [-0.4, -0.2) is 24.3 Å². The summed E-state index contributed by atoms with van der Waals surface area (Å²) in [6.07, 6.45) is 4.73. The first-order valence-electron chi connectivity index (χ1n) is 4.20. The molecule has 0 aromatic heterocycles. The lowest BCUT2D eigenvalue weighted by molar-refractivity contribution is -0.0452. The van der Waals surface area contributed by atoms with E-state index in [0.29, 0.717) is 5.41 Å². The molecule has 58 valence electrons. The molecule has 2 N–H and O–H groups in total. The van der Waals surface area contributed by atoms with Crippen molar-refractivity contribution in [1.82, 2.24) is 5.32 Å². The van der Waals surface area contributed by atoms with Crippen molar-refractivity contribution >= 4 is 0 Å². The van der Waals surface area contributed by atoms with Crippen LogP contribution in [0.15, 0.2) is 0 Å². The average molecular weight is 141 g/mol. The highest BCUT2D eigenvalue weighted by atomic mass is 16.3. The highest BCUT2D eigenvalue weighted by Crippen LogP contribution is 2.45. The van der Waals surface area contributed by atoms with Gasteiger partial charge in [0.2, 0.25) is 0 Å². The quantitative estimate of drug-likeness (QED) is 0.515. The first-order valence-corrected chi connectivity index (χ1v) is 4.20. The molecule has 2 heteroatoms. The topological polar surface area (TPSA) is 32.3 Å². The van der Waals surface area contributed by atoms with Crippen molar-refractivity contribution in [3.8, 4) is 0 Å². The Balaban J connectivity index is 1.90. The third-order valence-electron chi connectivity index (χ3n) is 2.90. The summed E-state index contributed by atoms with van der Waals surface area (Å²) in [5.74, 6) is 0. The summed E-state index contributed by atoms with van der Waals surface area (Å²) in [6, 6.07) is 0. The van der Waals surface area contributed by atoms with E-state index in [-0.39, 0.29) is 6.10 Å². The Bertz CT molecular complexity index is 114. The lowest BCUT2D eigenvalue weighted by Gasteiger charge is -2.48. The summed E-state index contributed by atoms with van der Waals surface area (Å²) in [4.78, 5) is 0. The zero-order valence-electron chi connectivity index (χ0n) is 6.27.